The molecule has 0 radical (unpaired) electrons. The van der Waals surface area contributed by atoms with E-state index in [0.717, 1.165) is 31.1 Å². The summed E-state index contributed by atoms with van der Waals surface area (Å²) in [4.78, 5) is 30.0. The number of rotatable bonds is 5. The highest BCUT2D eigenvalue weighted by Gasteiger charge is 2.30. The molecule has 28 heavy (non-hydrogen) atoms. The summed E-state index contributed by atoms with van der Waals surface area (Å²) >= 11 is 0. The van der Waals surface area contributed by atoms with Crippen LogP contribution in [0.1, 0.15) is 54.3 Å². The fraction of sp³-hybridized carbons (Fsp3) is 0.318. The summed E-state index contributed by atoms with van der Waals surface area (Å²) in [5, 5.41) is 3.94. The Bertz CT molecular complexity index is 956. The molecule has 0 unspecified atom stereocenters. The summed E-state index contributed by atoms with van der Waals surface area (Å²) in [5.41, 5.74) is 1.20. The fourth-order valence-corrected chi connectivity index (χ4v) is 3.68. The standard InChI is InChI=1S/C22H22N2O4/c25-21(24-16-9-2-1-3-10-16)20(28-22(26)18-12-6-14-27-18)17-11-4-7-15-8-5-13-23-19(15)17/h4-8,11-14,16,20H,1-3,9-10H2,(H,24,25)/t20-/m0/s1. The molecule has 2 aromatic heterocycles. The summed E-state index contributed by atoms with van der Waals surface area (Å²) in [7, 11) is 0. The van der Waals surface area contributed by atoms with Crippen molar-refractivity contribution in [2.75, 3.05) is 0 Å². The number of hydrogen-bond donors (Lipinski definition) is 1. The Balaban J connectivity index is 1.65. The lowest BCUT2D eigenvalue weighted by Crippen LogP contribution is -2.40. The Kier molecular flexibility index (Phi) is 5.37. The third kappa shape index (κ3) is 3.91. The van der Waals surface area contributed by atoms with Gasteiger partial charge in [-0.05, 0) is 31.0 Å². The number of carbonyl (C=O) groups excluding carboxylic acids is 2. The SMILES string of the molecule is O=C(O[C@H](C(=O)NC1CCCCC1)c1cccc2cccnc12)c1ccco1. The van der Waals surface area contributed by atoms with Crippen molar-refractivity contribution in [3.63, 3.8) is 0 Å². The van der Waals surface area contributed by atoms with Gasteiger partial charge in [0, 0.05) is 23.2 Å². The molecule has 1 aliphatic rings. The monoisotopic (exact) mass is 378 g/mol. The lowest BCUT2D eigenvalue weighted by atomic mass is 9.95. The maximum atomic E-state index is 13.1. The van der Waals surface area contributed by atoms with Gasteiger partial charge in [0.15, 0.2) is 0 Å². The minimum atomic E-state index is -1.10. The Morgan fingerprint density at radius 3 is 2.68 bits per heavy atom. The topological polar surface area (TPSA) is 81.4 Å². The Hall–Kier alpha value is -3.15. The minimum absolute atomic E-state index is 0.0589. The number of ether oxygens (including phenoxy) is 1. The van der Waals surface area contributed by atoms with Gasteiger partial charge in [-0.2, -0.15) is 0 Å². The molecule has 1 atom stereocenters. The number of fused-ring (bicyclic) bond motifs is 1. The van der Waals surface area contributed by atoms with Crippen LogP contribution in [0.2, 0.25) is 0 Å². The number of nitrogens with one attached hydrogen (secondary N) is 1. The van der Waals surface area contributed by atoms with Crippen molar-refractivity contribution in [2.24, 2.45) is 0 Å². The molecule has 1 aliphatic carbocycles. The normalized spacial score (nSPS) is 15.9. The summed E-state index contributed by atoms with van der Waals surface area (Å²) < 4.78 is 10.7. The van der Waals surface area contributed by atoms with Crippen molar-refractivity contribution in [2.45, 2.75) is 44.2 Å². The summed E-state index contributed by atoms with van der Waals surface area (Å²) in [6.45, 7) is 0. The number of amides is 1. The van der Waals surface area contributed by atoms with E-state index in [2.05, 4.69) is 10.3 Å². The molecule has 1 aromatic carbocycles. The van der Waals surface area contributed by atoms with Crippen LogP contribution in [-0.4, -0.2) is 22.9 Å². The largest absolute Gasteiger partial charge is 0.457 e. The fourth-order valence-electron chi connectivity index (χ4n) is 3.68. The van der Waals surface area contributed by atoms with Crippen molar-refractivity contribution in [1.29, 1.82) is 0 Å². The first-order chi connectivity index (χ1) is 13.7. The highest BCUT2D eigenvalue weighted by atomic mass is 16.6. The van der Waals surface area contributed by atoms with Crippen molar-refractivity contribution in [3.8, 4) is 0 Å². The molecule has 0 aliphatic heterocycles. The number of para-hydroxylation sites is 1. The van der Waals surface area contributed by atoms with Gasteiger partial charge in [0.05, 0.1) is 11.8 Å². The first kappa shape index (κ1) is 18.2. The number of benzene rings is 1. The first-order valence-corrected chi connectivity index (χ1v) is 9.61. The Labute approximate surface area is 162 Å². The molecule has 1 N–H and O–H groups in total. The predicted molar refractivity (Wildman–Crippen MR) is 104 cm³/mol. The van der Waals surface area contributed by atoms with E-state index in [1.54, 1.807) is 18.3 Å². The second-order valence-electron chi connectivity index (χ2n) is 7.03. The molecule has 0 saturated heterocycles. The van der Waals surface area contributed by atoms with Crippen LogP contribution in [0.5, 0.6) is 0 Å². The zero-order valence-electron chi connectivity index (χ0n) is 15.5. The number of aromatic nitrogens is 1. The molecular weight excluding hydrogens is 356 g/mol. The maximum Gasteiger partial charge on any atom is 0.375 e. The highest BCUT2D eigenvalue weighted by molar-refractivity contribution is 5.94. The lowest BCUT2D eigenvalue weighted by molar-refractivity contribution is -0.131. The molecular formula is C22H22N2O4. The molecule has 0 bridgehead atoms. The van der Waals surface area contributed by atoms with E-state index in [1.807, 2.05) is 24.3 Å². The third-order valence-corrected chi connectivity index (χ3v) is 5.08. The molecule has 6 heteroatoms. The quantitative estimate of drug-likeness (QED) is 0.674. The van der Waals surface area contributed by atoms with Crippen molar-refractivity contribution in [3.05, 3.63) is 66.2 Å². The van der Waals surface area contributed by atoms with Crippen LogP contribution in [0, 0.1) is 0 Å². The van der Waals surface area contributed by atoms with Crippen molar-refractivity contribution in [1.82, 2.24) is 10.3 Å². The summed E-state index contributed by atoms with van der Waals surface area (Å²) in [5.74, 6) is -0.949. The van der Waals surface area contributed by atoms with E-state index in [9.17, 15) is 9.59 Å². The second-order valence-corrected chi connectivity index (χ2v) is 7.03. The molecule has 0 spiro atoms. The van der Waals surface area contributed by atoms with E-state index < -0.39 is 12.1 Å². The van der Waals surface area contributed by atoms with Crippen LogP contribution >= 0.6 is 0 Å². The number of esters is 1. The molecule has 1 fully saturated rings. The Morgan fingerprint density at radius 1 is 1.07 bits per heavy atom. The molecule has 144 valence electrons. The van der Waals surface area contributed by atoms with Crippen LogP contribution in [-0.2, 0) is 9.53 Å². The van der Waals surface area contributed by atoms with Crippen LogP contribution in [0.3, 0.4) is 0 Å². The molecule has 4 rings (SSSR count). The minimum Gasteiger partial charge on any atom is -0.457 e. The first-order valence-electron chi connectivity index (χ1n) is 9.61. The number of hydrogen-bond acceptors (Lipinski definition) is 5. The smallest absolute Gasteiger partial charge is 0.375 e. The predicted octanol–water partition coefficient (Wildman–Crippen LogP) is 4.17. The number of pyridine rings is 1. The summed E-state index contributed by atoms with van der Waals surface area (Å²) in [6.07, 6.45) is 7.23. The van der Waals surface area contributed by atoms with Gasteiger partial charge < -0.3 is 14.5 Å². The van der Waals surface area contributed by atoms with E-state index >= 15 is 0 Å². The van der Waals surface area contributed by atoms with E-state index in [-0.39, 0.29) is 17.7 Å². The molecule has 3 aromatic rings. The number of nitrogens with zero attached hydrogens (tertiary/aromatic N) is 1. The van der Waals surface area contributed by atoms with Crippen molar-refractivity contribution < 1.29 is 18.7 Å². The van der Waals surface area contributed by atoms with Gasteiger partial charge in [-0.3, -0.25) is 9.78 Å². The van der Waals surface area contributed by atoms with E-state index in [1.165, 1.54) is 18.8 Å². The lowest BCUT2D eigenvalue weighted by Gasteiger charge is -2.26. The Morgan fingerprint density at radius 2 is 1.89 bits per heavy atom. The van der Waals surface area contributed by atoms with Crippen LogP contribution in [0.25, 0.3) is 10.9 Å². The maximum absolute atomic E-state index is 13.1. The number of carbonyl (C=O) groups is 2. The third-order valence-electron chi connectivity index (χ3n) is 5.08. The molecule has 1 amide bonds. The van der Waals surface area contributed by atoms with Gasteiger partial charge in [-0.1, -0.05) is 43.5 Å². The van der Waals surface area contributed by atoms with Gasteiger partial charge in [0.1, 0.15) is 0 Å². The number of furan rings is 1. The van der Waals surface area contributed by atoms with Crippen LogP contribution < -0.4 is 5.32 Å². The van der Waals surface area contributed by atoms with Gasteiger partial charge >= 0.3 is 5.97 Å². The summed E-state index contributed by atoms with van der Waals surface area (Å²) in [6, 6.07) is 12.5. The van der Waals surface area contributed by atoms with E-state index in [4.69, 9.17) is 9.15 Å². The average Bonchev–Trinajstić information content (AvgIpc) is 3.27. The van der Waals surface area contributed by atoms with Crippen molar-refractivity contribution >= 4 is 22.8 Å². The highest BCUT2D eigenvalue weighted by Crippen LogP contribution is 2.27. The average molecular weight is 378 g/mol. The van der Waals surface area contributed by atoms with E-state index in [0.29, 0.717) is 11.1 Å². The van der Waals surface area contributed by atoms with Crippen LogP contribution in [0.4, 0.5) is 0 Å². The molecule has 6 nitrogen and oxygen atoms in total. The second kappa shape index (κ2) is 8.25. The van der Waals surface area contributed by atoms with Gasteiger partial charge in [0.25, 0.3) is 5.91 Å². The molecule has 1 saturated carbocycles. The zero-order valence-corrected chi connectivity index (χ0v) is 15.5. The van der Waals surface area contributed by atoms with Gasteiger partial charge in [-0.25, -0.2) is 4.79 Å². The van der Waals surface area contributed by atoms with Crippen LogP contribution in [0.15, 0.2) is 59.3 Å². The van der Waals surface area contributed by atoms with Gasteiger partial charge in [-0.15, -0.1) is 0 Å². The van der Waals surface area contributed by atoms with Gasteiger partial charge in [0.2, 0.25) is 11.9 Å². The molecule has 2 heterocycles. The zero-order chi connectivity index (χ0) is 19.3.